The van der Waals surface area contributed by atoms with Crippen LogP contribution in [0.4, 0.5) is 0 Å². The van der Waals surface area contributed by atoms with Crippen molar-refractivity contribution in [3.05, 3.63) is 45.5 Å². The second kappa shape index (κ2) is 18.7. The predicted molar refractivity (Wildman–Crippen MR) is 69.9 cm³/mol. The molecule has 144 valence electrons. The van der Waals surface area contributed by atoms with E-state index < -0.39 is 80.0 Å². The Hall–Kier alpha value is 1.52. The van der Waals surface area contributed by atoms with Crippen molar-refractivity contribution in [1.29, 1.82) is 0 Å². The fraction of sp³-hybridized carbons (Fsp3) is 0. The maximum atomic E-state index is 11.5. The quantitative estimate of drug-likeness (QED) is 0.320. The fourth-order valence-corrected chi connectivity index (χ4v) is 2.71. The minimum Gasteiger partial charge on any atom is -0.545 e. The van der Waals surface area contributed by atoms with E-state index in [0.29, 0.717) is 0 Å². The van der Waals surface area contributed by atoms with Gasteiger partial charge in [0.15, 0.2) is 0 Å². The Morgan fingerprint density at radius 1 is 0.412 bits per heavy atom. The summed E-state index contributed by atoms with van der Waals surface area (Å²) in [6.07, 6.45) is 0. The average molecular weight is 524 g/mol. The third-order valence-electron chi connectivity index (χ3n) is 3.70. The molecule has 2 rings (SSSR count). The largest absolute Gasteiger partial charge is 1.00 e. The molecule has 0 unspecified atom stereocenters. The number of rotatable bonds is 6. The smallest absolute Gasteiger partial charge is 0.545 e. The molecule has 0 aliphatic carbocycles. The van der Waals surface area contributed by atoms with Gasteiger partial charge in [-0.05, 0) is 17.5 Å². The maximum absolute atomic E-state index is 11.5. The SMILES string of the molecule is O=C([O-])c1cc2c(C(=O)[O-])c(C(=O)[O-])cc(C(=O)[O-])c2c(C(=O)[O-])c1C(=O)[O-].[Na+].[Na+].[Na+].[Na+].[Na+].[Na+]. The topological polar surface area (TPSA) is 241 Å². The van der Waals surface area contributed by atoms with E-state index in [-0.39, 0.29) is 189 Å². The molecule has 18 heteroatoms. The van der Waals surface area contributed by atoms with E-state index >= 15 is 0 Å². The molecule has 0 aliphatic rings. The van der Waals surface area contributed by atoms with Crippen LogP contribution in [0.1, 0.15) is 62.1 Å². The van der Waals surface area contributed by atoms with Crippen molar-refractivity contribution in [3.8, 4) is 0 Å². The van der Waals surface area contributed by atoms with Crippen molar-refractivity contribution >= 4 is 46.6 Å². The van der Waals surface area contributed by atoms with Gasteiger partial charge in [0.25, 0.3) is 0 Å². The molecule has 0 spiro atoms. The summed E-state index contributed by atoms with van der Waals surface area (Å²) in [4.78, 5) is 67.9. The van der Waals surface area contributed by atoms with Gasteiger partial charge < -0.3 is 59.4 Å². The first kappa shape index (κ1) is 45.4. The van der Waals surface area contributed by atoms with Crippen LogP contribution >= 0.6 is 0 Å². The number of carbonyl (C=O) groups is 6. The number of carboxylic acid groups (broad SMARTS) is 6. The zero-order valence-corrected chi connectivity index (χ0v) is 31.1. The molecule has 34 heavy (non-hydrogen) atoms. The molecule has 0 radical (unpaired) electrons. The summed E-state index contributed by atoms with van der Waals surface area (Å²) in [5.41, 5.74) is -8.58. The predicted octanol–water partition coefficient (Wildman–Crippen LogP) is -25.0. The fourth-order valence-electron chi connectivity index (χ4n) is 2.71. The summed E-state index contributed by atoms with van der Waals surface area (Å²) in [6, 6.07) is 0.342. The molecule has 0 aliphatic heterocycles. The van der Waals surface area contributed by atoms with Crippen molar-refractivity contribution < 1.29 is 237 Å². The summed E-state index contributed by atoms with van der Waals surface area (Å²) in [6.45, 7) is 0. The van der Waals surface area contributed by atoms with Crippen LogP contribution in [0.5, 0.6) is 0 Å². The van der Waals surface area contributed by atoms with Crippen LogP contribution in [0.2, 0.25) is 0 Å². The van der Waals surface area contributed by atoms with Crippen LogP contribution in [-0.2, 0) is 0 Å². The van der Waals surface area contributed by atoms with E-state index in [1.54, 1.807) is 0 Å². The average Bonchev–Trinajstić information content (AvgIpc) is 2.57. The number of benzene rings is 2. The number of carboxylic acids is 6. The first-order valence-corrected chi connectivity index (χ1v) is 6.85. The molecular weight excluding hydrogens is 522 g/mol. The Kier molecular flexibility index (Phi) is 25.0. The third kappa shape index (κ3) is 9.37. The second-order valence-electron chi connectivity index (χ2n) is 5.17. The van der Waals surface area contributed by atoms with Crippen molar-refractivity contribution in [3.63, 3.8) is 0 Å². The van der Waals surface area contributed by atoms with E-state index in [1.807, 2.05) is 0 Å². The number of hydrogen-bond donors (Lipinski definition) is 0. The molecule has 0 saturated heterocycles. The van der Waals surface area contributed by atoms with Crippen LogP contribution in [0.25, 0.3) is 10.8 Å². The van der Waals surface area contributed by atoms with Gasteiger partial charge in [0.2, 0.25) is 0 Å². The monoisotopic (exact) mass is 524 g/mol. The van der Waals surface area contributed by atoms with Gasteiger partial charge in [0.05, 0.1) is 35.8 Å². The summed E-state index contributed by atoms with van der Waals surface area (Å²) in [5, 5.41) is 65.6. The molecule has 0 saturated carbocycles. The Labute approximate surface area is 323 Å². The number of aromatic carboxylic acids is 6. The summed E-state index contributed by atoms with van der Waals surface area (Å²) >= 11 is 0. The van der Waals surface area contributed by atoms with Gasteiger partial charge in [-0.2, -0.15) is 0 Å². The zero-order chi connectivity index (χ0) is 21.5. The van der Waals surface area contributed by atoms with Gasteiger partial charge in [-0.1, -0.05) is 0 Å². The van der Waals surface area contributed by atoms with Crippen LogP contribution in [0, 0.1) is 0 Å². The zero-order valence-electron chi connectivity index (χ0n) is 19.1. The number of hydrogen-bond acceptors (Lipinski definition) is 12. The minimum atomic E-state index is -2.43. The standard InChI is InChI=1S/C16H8O12.6Na/c17-11(18)4-2-5(12(19)20)8(14(23)24)3-1-6(13(21)22)9(15(25)26)10(7(3)4)16(27)28;;;;;;/h1-2H,(H,17,18)(H,19,20)(H,21,22)(H,23,24)(H,25,26)(H,27,28);;;;;;/q;6*+1/p-6. The van der Waals surface area contributed by atoms with Crippen LogP contribution in [-0.4, -0.2) is 35.8 Å². The van der Waals surface area contributed by atoms with Gasteiger partial charge in [-0.15, -0.1) is 0 Å². The number of fused-ring (bicyclic) bond motifs is 1. The minimum absolute atomic E-state index is 0. The molecule has 2 aromatic carbocycles. The molecule has 0 aromatic heterocycles. The van der Waals surface area contributed by atoms with Crippen LogP contribution in [0.3, 0.4) is 0 Å². The first-order valence-electron chi connectivity index (χ1n) is 6.85. The molecule has 0 N–H and O–H groups in total. The van der Waals surface area contributed by atoms with Crippen molar-refractivity contribution in [1.82, 2.24) is 0 Å². The van der Waals surface area contributed by atoms with E-state index in [9.17, 15) is 59.4 Å². The molecular formula is C16H2Na6O12. The molecule has 0 bridgehead atoms. The molecule has 0 amide bonds. The van der Waals surface area contributed by atoms with E-state index in [4.69, 9.17) is 0 Å². The van der Waals surface area contributed by atoms with Crippen LogP contribution in [0.15, 0.2) is 12.1 Å². The van der Waals surface area contributed by atoms with E-state index in [1.165, 1.54) is 0 Å². The molecule has 0 fully saturated rings. The Morgan fingerprint density at radius 3 is 1.03 bits per heavy atom. The first-order chi connectivity index (χ1) is 12.9. The molecule has 0 atom stereocenters. The summed E-state index contributed by atoms with van der Waals surface area (Å²) in [7, 11) is 0. The van der Waals surface area contributed by atoms with Gasteiger partial charge in [-0.3, -0.25) is 0 Å². The molecule has 0 heterocycles. The van der Waals surface area contributed by atoms with Crippen molar-refractivity contribution in [2.75, 3.05) is 0 Å². The van der Waals surface area contributed by atoms with Crippen molar-refractivity contribution in [2.24, 2.45) is 0 Å². The van der Waals surface area contributed by atoms with Gasteiger partial charge >= 0.3 is 177 Å². The van der Waals surface area contributed by atoms with Gasteiger partial charge in [0.1, 0.15) is 0 Å². The van der Waals surface area contributed by atoms with Crippen LogP contribution < -0.4 is 208 Å². The van der Waals surface area contributed by atoms with E-state index in [0.717, 1.165) is 0 Å². The van der Waals surface area contributed by atoms with Gasteiger partial charge in [-0.25, -0.2) is 0 Å². The maximum Gasteiger partial charge on any atom is 1.00 e. The normalized spacial score (nSPS) is 8.59. The summed E-state index contributed by atoms with van der Waals surface area (Å²) < 4.78 is 0. The molecule has 2 aromatic rings. The van der Waals surface area contributed by atoms with Crippen molar-refractivity contribution in [2.45, 2.75) is 0 Å². The Morgan fingerprint density at radius 2 is 0.735 bits per heavy atom. The Balaban J connectivity index is -0.000000467. The second-order valence-corrected chi connectivity index (χ2v) is 5.17. The van der Waals surface area contributed by atoms with E-state index in [2.05, 4.69) is 0 Å². The Bertz CT molecular complexity index is 1150. The molecule has 12 nitrogen and oxygen atoms in total. The van der Waals surface area contributed by atoms with Gasteiger partial charge in [0, 0.05) is 38.8 Å². The summed E-state index contributed by atoms with van der Waals surface area (Å²) in [5.74, 6) is -13.9. The number of carbonyl (C=O) groups excluding carboxylic acids is 6. The third-order valence-corrected chi connectivity index (χ3v) is 3.70.